The Labute approximate surface area is 861 Å². The van der Waals surface area contributed by atoms with Gasteiger partial charge < -0.3 is 152 Å². The van der Waals surface area contributed by atoms with Crippen LogP contribution in [-0.2, 0) is 120 Å². The van der Waals surface area contributed by atoms with Gasteiger partial charge >= 0.3 is 12.0 Å². The second-order valence-corrected chi connectivity index (χ2v) is 38.8. The van der Waals surface area contributed by atoms with Crippen LogP contribution in [0.2, 0.25) is 0 Å². The van der Waals surface area contributed by atoms with Gasteiger partial charge in [0.15, 0.2) is 11.6 Å². The van der Waals surface area contributed by atoms with E-state index in [1.807, 2.05) is 18.7 Å². The molecule has 1 aromatic heterocycles. The standard InChI is InChI=1S/C97H151F2N21O27S/c1-7-8-9-10-11-20-66(86(132)106-55(4)85(131)109-67(29-31-77(101)125)87(133)112-71(46-58-17-16-18-58)93(139)119-82(57(6)123)96(142)116-74(51-121)94(140)108-65(84(102)130)19-14-15-34-100)110-89(135)70(47-59-23-26-62(124)27-24-59)113-91(137)73(49-61-50-103-53-105-61)114-88(134)68(30-32-80(128)129)111-90(136)72(48-60-25-28-63(98)64(99)45-60)115-95(141)81(56(5)122)118-92(138)69(44-54(2)3)107-79(127)33-36-144-38-40-146-42-43-147-41-39-145-37-35-104-78(126)22-13-12-21-76-83-75(52-148-76)117-97(143)120-83/h23-28,45,50,53-58,65-76,81-83,121-124H,7-22,29-44,46-49,51-52,100H2,1-6H3,(H2,101,125)(H2,102,130)(H,103,105)(H,104,126)(H,106,132)(H,107,127)(H,108,140)(H,109,131)(H,110,135)(H,111,136)(H,112,133)(H,113,137)(H,114,134)(H,115,141)(H,116,142)(H,118,138)(H,119,139)(H,128,129)(H2,117,120,143)/t55-,56+,57+,65-,66-,67-,68-,69-,70-,71-,72-,73-,74-,75-,76-,81-,82-,83-/m0/s1. The Bertz CT molecular complexity index is 4780. The number of urea groups is 1. The molecule has 0 unspecified atom stereocenters. The zero-order chi connectivity index (χ0) is 109. The summed E-state index contributed by atoms with van der Waals surface area (Å²) in [6.07, 6.45) is 3.36. The molecule has 826 valence electrons. The number of phenols is 1. The number of fused-ring (bicyclic) bond motifs is 1. The third-order valence-electron chi connectivity index (χ3n) is 24.8. The molecule has 0 spiro atoms. The summed E-state index contributed by atoms with van der Waals surface area (Å²) in [5.74, 6) is -19.8. The van der Waals surface area contributed by atoms with Gasteiger partial charge in [0.1, 0.15) is 84.3 Å². The minimum Gasteiger partial charge on any atom is -0.508 e. The number of aromatic hydroxyl groups is 1. The van der Waals surface area contributed by atoms with Gasteiger partial charge in [-0.05, 0) is 139 Å². The van der Waals surface area contributed by atoms with Crippen molar-refractivity contribution in [3.63, 3.8) is 0 Å². The lowest BCUT2D eigenvalue weighted by Gasteiger charge is -2.32. The van der Waals surface area contributed by atoms with Crippen LogP contribution in [0.4, 0.5) is 13.6 Å². The number of carboxylic acids is 1. The minimum atomic E-state index is -1.97. The molecule has 28 N–H and O–H groups in total. The molecule has 3 aliphatic rings. The summed E-state index contributed by atoms with van der Waals surface area (Å²) < 4.78 is 51.8. The van der Waals surface area contributed by atoms with Crippen molar-refractivity contribution in [1.29, 1.82) is 0 Å². The summed E-state index contributed by atoms with van der Waals surface area (Å²) >= 11 is 1.84. The van der Waals surface area contributed by atoms with Gasteiger partial charge in [0.2, 0.25) is 94.5 Å². The molecule has 3 fully saturated rings. The monoisotopic (exact) mass is 2110 g/mol. The number of nitrogens with one attached hydrogen (secondary N) is 17. The summed E-state index contributed by atoms with van der Waals surface area (Å²) in [6, 6.07) is -13.9. The number of benzene rings is 2. The number of aliphatic carboxylic acids is 1. The Balaban J connectivity index is 1.11. The number of aromatic nitrogens is 2. The molecule has 51 heteroatoms. The van der Waals surface area contributed by atoms with Gasteiger partial charge in [0, 0.05) is 68.7 Å². The van der Waals surface area contributed by atoms with E-state index in [1.54, 1.807) is 13.8 Å². The van der Waals surface area contributed by atoms with Crippen LogP contribution in [0.1, 0.15) is 206 Å². The van der Waals surface area contributed by atoms with Crippen molar-refractivity contribution in [3.8, 4) is 5.75 Å². The number of carboxylic acid groups (broad SMARTS) is 1. The molecule has 3 aromatic rings. The summed E-state index contributed by atoms with van der Waals surface area (Å²) in [4.78, 5) is 255. The fraction of sp³-hybridized carbons (Fsp3) is 0.660. The zero-order valence-corrected chi connectivity index (χ0v) is 85.5. The highest BCUT2D eigenvalue weighted by molar-refractivity contribution is 8.00. The van der Waals surface area contributed by atoms with Gasteiger partial charge in [0.25, 0.3) is 0 Å². The fourth-order valence-corrected chi connectivity index (χ4v) is 17.8. The van der Waals surface area contributed by atoms with Crippen LogP contribution in [0.15, 0.2) is 55.0 Å². The maximum absolute atomic E-state index is 15.2. The van der Waals surface area contributed by atoms with E-state index >= 15 is 14.0 Å². The number of carbonyl (C=O) groups is 18. The first-order valence-corrected chi connectivity index (χ1v) is 51.5. The van der Waals surface area contributed by atoms with Crippen molar-refractivity contribution in [2.45, 2.75) is 317 Å². The summed E-state index contributed by atoms with van der Waals surface area (Å²) in [7, 11) is 0. The van der Waals surface area contributed by atoms with Crippen molar-refractivity contribution >= 4 is 118 Å². The topological polar surface area (TPSA) is 745 Å². The highest BCUT2D eigenvalue weighted by Gasteiger charge is 2.44. The number of phenolic OH excluding ortho intramolecular Hbond substituents is 1. The first kappa shape index (κ1) is 124. The van der Waals surface area contributed by atoms with Crippen LogP contribution in [0.25, 0.3) is 0 Å². The molecule has 148 heavy (non-hydrogen) atoms. The summed E-state index contributed by atoms with van der Waals surface area (Å²) in [6.45, 7) is 9.90. The molecular formula is C97H151F2N21O27S. The second-order valence-electron chi connectivity index (χ2n) is 37.5. The number of thioether (sulfide) groups is 1. The number of H-pyrrole nitrogens is 1. The number of primary amides is 2. The number of hydrogen-bond acceptors (Lipinski definition) is 29. The van der Waals surface area contributed by atoms with Crippen LogP contribution in [0.5, 0.6) is 5.75 Å². The molecule has 18 amide bonds. The minimum absolute atomic E-state index is 0.00546. The van der Waals surface area contributed by atoms with Gasteiger partial charge in [-0.1, -0.05) is 96.8 Å². The van der Waals surface area contributed by atoms with Gasteiger partial charge in [-0.2, -0.15) is 11.8 Å². The fourth-order valence-electron chi connectivity index (χ4n) is 16.3. The molecule has 3 heterocycles. The number of nitrogens with zero attached hydrogens (tertiary/aromatic N) is 1. The first-order chi connectivity index (χ1) is 70.6. The van der Waals surface area contributed by atoms with E-state index in [0.717, 1.165) is 64.2 Å². The number of halogens is 2. The number of ether oxygens (including phenoxy) is 4. The van der Waals surface area contributed by atoms with E-state index in [2.05, 4.69) is 95.0 Å². The third kappa shape index (κ3) is 46.2. The lowest BCUT2D eigenvalue weighted by atomic mass is 9.80. The largest absolute Gasteiger partial charge is 0.508 e. The Hall–Kier alpha value is -12.4. The molecule has 0 bridgehead atoms. The molecular weight excluding hydrogens is 1960 g/mol. The van der Waals surface area contributed by atoms with E-state index < -0.39 is 249 Å². The van der Waals surface area contributed by atoms with Crippen molar-refractivity contribution in [1.82, 2.24) is 95.0 Å². The Morgan fingerprint density at radius 3 is 1.53 bits per heavy atom. The average Bonchev–Trinajstić information content (AvgIpc) is 1.71. The zero-order valence-electron chi connectivity index (χ0n) is 84.7. The van der Waals surface area contributed by atoms with Crippen LogP contribution < -0.4 is 102 Å². The van der Waals surface area contributed by atoms with Gasteiger partial charge in [-0.15, -0.1) is 0 Å². The predicted molar refractivity (Wildman–Crippen MR) is 532 cm³/mol. The van der Waals surface area contributed by atoms with Crippen LogP contribution in [0.3, 0.4) is 0 Å². The lowest BCUT2D eigenvalue weighted by Crippen LogP contribution is -2.62. The number of aliphatic hydroxyl groups excluding tert-OH is 3. The molecule has 18 atom stereocenters. The van der Waals surface area contributed by atoms with Crippen molar-refractivity contribution < 1.29 is 140 Å². The highest BCUT2D eigenvalue weighted by Crippen LogP contribution is 2.34. The molecule has 48 nitrogen and oxygen atoms in total. The Morgan fingerprint density at radius 2 is 0.986 bits per heavy atom. The van der Waals surface area contributed by atoms with E-state index in [4.69, 9.17) is 36.1 Å². The molecule has 2 aromatic carbocycles. The van der Waals surface area contributed by atoms with E-state index in [-0.39, 0.29) is 144 Å². The number of hydrogen-bond donors (Lipinski definition) is 25. The molecule has 2 saturated heterocycles. The number of imidazole rings is 1. The number of unbranched alkanes of at least 4 members (excludes halogenated alkanes) is 6. The van der Waals surface area contributed by atoms with Crippen molar-refractivity contribution in [3.05, 3.63) is 83.4 Å². The smallest absolute Gasteiger partial charge is 0.315 e. The third-order valence-corrected chi connectivity index (χ3v) is 26.3. The number of aromatic amines is 1. The lowest BCUT2D eigenvalue weighted by molar-refractivity contribution is -0.139. The average molecular weight is 2110 g/mol. The van der Waals surface area contributed by atoms with Gasteiger partial charge in [0.05, 0.1) is 95.8 Å². The molecule has 1 aliphatic carbocycles. The normalized spacial score (nSPS) is 17.2. The maximum atomic E-state index is 15.2. The second kappa shape index (κ2) is 66.8. The van der Waals surface area contributed by atoms with E-state index in [1.165, 1.54) is 43.7 Å². The number of amides is 18. The van der Waals surface area contributed by atoms with Crippen molar-refractivity contribution in [2.24, 2.45) is 29.0 Å². The summed E-state index contributed by atoms with van der Waals surface area (Å²) in [5, 5.41) is 93.8. The van der Waals surface area contributed by atoms with Gasteiger partial charge in [-0.25, -0.2) is 18.6 Å². The Morgan fingerprint density at radius 1 is 0.493 bits per heavy atom. The van der Waals surface area contributed by atoms with E-state index in [0.29, 0.717) is 81.0 Å². The molecule has 1 saturated carbocycles. The molecule has 2 aliphatic heterocycles. The number of rotatable bonds is 75. The Kier molecular flexibility index (Phi) is 56.1. The quantitative estimate of drug-likeness (QED) is 0.0200. The predicted octanol–water partition coefficient (Wildman–Crippen LogP) is -2.86. The molecule has 6 rings (SSSR count). The van der Waals surface area contributed by atoms with E-state index in [9.17, 15) is 107 Å². The van der Waals surface area contributed by atoms with Crippen LogP contribution in [-0.4, -0.2) is 328 Å². The number of aliphatic hydroxyl groups is 3. The number of carbonyl (C=O) groups excluding carboxylic acids is 17. The maximum Gasteiger partial charge on any atom is 0.315 e. The van der Waals surface area contributed by atoms with Crippen LogP contribution >= 0.6 is 11.8 Å². The highest BCUT2D eigenvalue weighted by atomic mass is 32.2. The van der Waals surface area contributed by atoms with Crippen molar-refractivity contribution in [2.75, 3.05) is 78.3 Å². The SMILES string of the molecule is CCCCCCC[C@H](NC(=O)[C@H](Cc1ccc(O)cc1)NC(=O)[C@H](Cc1c[nH]cn1)NC(=O)[C@H](CCC(=O)O)NC(=O)[C@H](Cc1ccc(F)c(F)c1)NC(=O)[C@@H](NC(=O)[C@H](CC(C)C)NC(=O)CCOCCOCCOCCOCCNC(=O)CCCC[C@@H]1SC[C@@H]2NC(=O)N[C@@H]21)[C@@H](C)O)C(=O)N[C@@H](C)C(=O)N[C@@H](CCC(N)=O)C(=O)N[C@@H](CC1CCC1)C(=O)N[C@H](C(=O)N[C@@H](CO)C(=O)N[C@@H](CCCCN)C(N)=O)[C@@H](C)O. The summed E-state index contributed by atoms with van der Waals surface area (Å²) in [5.41, 5.74) is 16.8. The van der Waals surface area contributed by atoms with Crippen LogP contribution in [0, 0.1) is 23.5 Å². The molecule has 0 radical (unpaired) electrons. The number of nitrogens with two attached hydrogens (primary N) is 3. The first-order valence-electron chi connectivity index (χ1n) is 50.4. The van der Waals surface area contributed by atoms with Gasteiger partial charge in [-0.3, -0.25) is 81.5 Å².